The molecule has 1 aliphatic rings. The Hall–Kier alpha value is -3.05. The molecule has 1 aliphatic heterocycles. The van der Waals surface area contributed by atoms with E-state index in [9.17, 15) is 28.1 Å². The second kappa shape index (κ2) is 8.98. The molecule has 1 aromatic heterocycles. The number of carbonyl (C=O) groups is 1. The molecule has 1 amide bonds. The molecule has 0 bridgehead atoms. The van der Waals surface area contributed by atoms with Crippen molar-refractivity contribution in [3.05, 3.63) is 62.8 Å². The van der Waals surface area contributed by atoms with Gasteiger partial charge in [-0.05, 0) is 31.7 Å². The number of nitrogens with one attached hydrogen (secondary N) is 1. The molecule has 31 heavy (non-hydrogen) atoms. The van der Waals surface area contributed by atoms with Crippen LogP contribution in [0.5, 0.6) is 0 Å². The number of pyridine rings is 1. The normalized spacial score (nSPS) is 15.6. The van der Waals surface area contributed by atoms with Crippen LogP contribution in [0, 0.1) is 17.0 Å². The Balaban J connectivity index is 1.82. The summed E-state index contributed by atoms with van der Waals surface area (Å²) in [4.78, 5) is 30.8. The number of benzene rings is 1. The van der Waals surface area contributed by atoms with Crippen LogP contribution in [0.3, 0.4) is 0 Å². The van der Waals surface area contributed by atoms with Gasteiger partial charge in [0.25, 0.3) is 11.6 Å². The molecule has 2 heterocycles. The Kier molecular flexibility index (Phi) is 6.56. The number of hydrogen-bond acceptors (Lipinski definition) is 6. The zero-order valence-electron chi connectivity index (χ0n) is 17.1. The maximum Gasteiger partial charge on any atom is 0.416 e. The number of hydrogen-bond donors (Lipinski definition) is 1. The van der Waals surface area contributed by atoms with Gasteiger partial charge in [-0.15, -0.1) is 0 Å². The first kappa shape index (κ1) is 22.6. The number of aromatic nitrogens is 1. The van der Waals surface area contributed by atoms with Crippen molar-refractivity contribution >= 4 is 17.4 Å². The quantitative estimate of drug-likeness (QED) is 0.570. The summed E-state index contributed by atoms with van der Waals surface area (Å²) in [6, 6.07) is 4.50. The van der Waals surface area contributed by atoms with E-state index in [0.717, 1.165) is 25.2 Å². The second-order valence-electron chi connectivity index (χ2n) is 7.52. The van der Waals surface area contributed by atoms with Gasteiger partial charge < -0.3 is 10.2 Å². The average molecular weight is 437 g/mol. The number of amides is 1. The Bertz CT molecular complexity index is 989. The predicted molar refractivity (Wildman–Crippen MR) is 108 cm³/mol. The molecule has 0 aliphatic carbocycles. The van der Waals surface area contributed by atoms with Crippen LogP contribution in [0.25, 0.3) is 0 Å². The van der Waals surface area contributed by atoms with Crippen molar-refractivity contribution in [1.29, 1.82) is 0 Å². The van der Waals surface area contributed by atoms with Crippen LogP contribution in [0.15, 0.2) is 30.5 Å². The Morgan fingerprint density at radius 1 is 1.23 bits per heavy atom. The van der Waals surface area contributed by atoms with Crippen LogP contribution in [0.2, 0.25) is 0 Å². The van der Waals surface area contributed by atoms with E-state index < -0.39 is 22.6 Å². The summed E-state index contributed by atoms with van der Waals surface area (Å²) in [7, 11) is 1.96. The zero-order valence-corrected chi connectivity index (χ0v) is 17.1. The number of likely N-dealkylation sites (N-methyl/N-ethyl adjacent to an activating group) is 1. The van der Waals surface area contributed by atoms with Crippen molar-refractivity contribution in [2.75, 3.05) is 38.5 Å². The molecule has 0 radical (unpaired) electrons. The van der Waals surface area contributed by atoms with Crippen molar-refractivity contribution in [2.45, 2.75) is 19.6 Å². The third kappa shape index (κ3) is 5.56. The number of anilines is 1. The topological polar surface area (TPSA) is 91.6 Å². The fourth-order valence-electron chi connectivity index (χ4n) is 3.33. The molecule has 0 saturated carbocycles. The third-order valence-corrected chi connectivity index (χ3v) is 5.18. The summed E-state index contributed by atoms with van der Waals surface area (Å²) in [6.45, 7) is 4.50. The number of piperazine rings is 1. The van der Waals surface area contributed by atoms with Gasteiger partial charge in [0.15, 0.2) is 0 Å². The molecule has 2 aromatic rings. The van der Waals surface area contributed by atoms with E-state index in [0.29, 0.717) is 18.7 Å². The maximum atomic E-state index is 13.7. The van der Waals surface area contributed by atoms with Crippen LogP contribution in [0.1, 0.15) is 27.0 Å². The van der Waals surface area contributed by atoms with E-state index in [1.807, 2.05) is 11.9 Å². The van der Waals surface area contributed by atoms with Crippen molar-refractivity contribution in [1.82, 2.24) is 14.8 Å². The summed E-state index contributed by atoms with van der Waals surface area (Å²) >= 11 is 0. The summed E-state index contributed by atoms with van der Waals surface area (Å²) in [6.07, 6.45) is -3.41. The second-order valence-corrected chi connectivity index (χ2v) is 7.52. The Morgan fingerprint density at radius 3 is 2.52 bits per heavy atom. The lowest BCUT2D eigenvalue weighted by atomic mass is 10.0. The molecule has 1 N–H and O–H groups in total. The lowest BCUT2D eigenvalue weighted by Gasteiger charge is -2.33. The molecule has 0 spiro atoms. The average Bonchev–Trinajstić information content (AvgIpc) is 2.70. The molecule has 1 fully saturated rings. The first-order valence-electron chi connectivity index (χ1n) is 9.58. The monoisotopic (exact) mass is 437 g/mol. The summed E-state index contributed by atoms with van der Waals surface area (Å²) in [5.41, 5.74) is -0.932. The largest absolute Gasteiger partial charge is 0.416 e. The molecule has 1 aromatic carbocycles. The molecule has 0 atom stereocenters. The SMILES string of the molecule is Cc1cnc(NC(=O)c2ccc(CN3CCN(C)CC3)c(C(F)(F)F)c2)cc1[N+](=O)[O-]. The standard InChI is InChI=1S/C20H22F3N5O3/c1-13-11-24-18(10-17(13)28(30)31)25-19(29)14-3-4-15(16(9-14)20(21,22)23)12-27-7-5-26(2)6-8-27/h3-4,9-11H,5-8,12H2,1-2H3,(H,24,25,29). The first-order valence-corrected chi connectivity index (χ1v) is 9.58. The molecule has 11 heteroatoms. The van der Waals surface area contributed by atoms with Crippen molar-refractivity contribution < 1.29 is 22.9 Å². The van der Waals surface area contributed by atoms with E-state index in [1.165, 1.54) is 25.3 Å². The number of rotatable bonds is 5. The van der Waals surface area contributed by atoms with Crippen LogP contribution in [-0.4, -0.2) is 58.8 Å². The highest BCUT2D eigenvalue weighted by molar-refractivity contribution is 6.04. The Morgan fingerprint density at radius 2 is 1.90 bits per heavy atom. The van der Waals surface area contributed by atoms with Crippen molar-refractivity contribution in [2.24, 2.45) is 0 Å². The first-order chi connectivity index (χ1) is 14.5. The smallest absolute Gasteiger partial charge is 0.306 e. The van der Waals surface area contributed by atoms with Crippen LogP contribution >= 0.6 is 0 Å². The van der Waals surface area contributed by atoms with Crippen LogP contribution in [0.4, 0.5) is 24.7 Å². The van der Waals surface area contributed by atoms with Gasteiger partial charge in [0.2, 0.25) is 0 Å². The lowest BCUT2D eigenvalue weighted by molar-refractivity contribution is -0.385. The van der Waals surface area contributed by atoms with Gasteiger partial charge in [0, 0.05) is 50.0 Å². The maximum absolute atomic E-state index is 13.7. The number of nitro groups is 1. The molecule has 3 rings (SSSR count). The van der Waals surface area contributed by atoms with Gasteiger partial charge in [0.05, 0.1) is 16.6 Å². The Labute approximate surface area is 176 Å². The van der Waals surface area contributed by atoms with E-state index in [-0.39, 0.29) is 29.2 Å². The number of alkyl halides is 3. The van der Waals surface area contributed by atoms with Gasteiger partial charge in [-0.25, -0.2) is 4.98 Å². The van der Waals surface area contributed by atoms with Crippen molar-refractivity contribution in [3.63, 3.8) is 0 Å². The third-order valence-electron chi connectivity index (χ3n) is 5.18. The minimum absolute atomic E-state index is 0.0951. The van der Waals surface area contributed by atoms with Crippen molar-refractivity contribution in [3.8, 4) is 0 Å². The number of carbonyl (C=O) groups excluding carboxylic acids is 1. The van der Waals surface area contributed by atoms with Gasteiger partial charge >= 0.3 is 6.18 Å². The minimum atomic E-state index is -4.63. The zero-order chi connectivity index (χ0) is 22.8. The van der Waals surface area contributed by atoms with E-state index in [2.05, 4.69) is 15.2 Å². The molecule has 166 valence electrons. The van der Waals surface area contributed by atoms with Gasteiger partial charge in [0.1, 0.15) is 5.82 Å². The highest BCUT2D eigenvalue weighted by Crippen LogP contribution is 2.33. The van der Waals surface area contributed by atoms with Gasteiger partial charge in [-0.2, -0.15) is 13.2 Å². The molecular weight excluding hydrogens is 415 g/mol. The fourth-order valence-corrected chi connectivity index (χ4v) is 3.33. The minimum Gasteiger partial charge on any atom is -0.306 e. The number of halogens is 3. The number of nitrogens with zero attached hydrogens (tertiary/aromatic N) is 4. The highest BCUT2D eigenvalue weighted by Gasteiger charge is 2.34. The molecule has 8 nitrogen and oxygen atoms in total. The van der Waals surface area contributed by atoms with E-state index in [4.69, 9.17) is 0 Å². The summed E-state index contributed by atoms with van der Waals surface area (Å²) < 4.78 is 41.0. The fraction of sp³-hybridized carbons (Fsp3) is 0.400. The van der Waals surface area contributed by atoms with Crippen LogP contribution < -0.4 is 5.32 Å². The predicted octanol–water partition coefficient (Wildman–Crippen LogP) is 3.32. The number of aryl methyl sites for hydroxylation is 1. The van der Waals surface area contributed by atoms with E-state index >= 15 is 0 Å². The molecule has 0 unspecified atom stereocenters. The van der Waals surface area contributed by atoms with Gasteiger partial charge in [-0.3, -0.25) is 19.8 Å². The summed E-state index contributed by atoms with van der Waals surface area (Å²) in [5.74, 6) is -0.945. The summed E-state index contributed by atoms with van der Waals surface area (Å²) in [5, 5.41) is 13.4. The van der Waals surface area contributed by atoms with E-state index in [1.54, 1.807) is 0 Å². The molecular formula is C20H22F3N5O3. The lowest BCUT2D eigenvalue weighted by Crippen LogP contribution is -2.44. The molecule has 1 saturated heterocycles. The highest BCUT2D eigenvalue weighted by atomic mass is 19.4. The van der Waals surface area contributed by atoms with Gasteiger partial charge in [-0.1, -0.05) is 6.07 Å². The van der Waals surface area contributed by atoms with Crippen LogP contribution in [-0.2, 0) is 12.7 Å².